The van der Waals surface area contributed by atoms with Gasteiger partial charge in [0.1, 0.15) is 0 Å². The van der Waals surface area contributed by atoms with Crippen molar-refractivity contribution in [3.05, 3.63) is 0 Å². The van der Waals surface area contributed by atoms with Gasteiger partial charge in [0.2, 0.25) is 0 Å². The first kappa shape index (κ1) is 22.9. The maximum atomic E-state index is 12.2. The van der Waals surface area contributed by atoms with Crippen LogP contribution in [-0.4, -0.2) is 56.0 Å². The molecule has 2 unspecified atom stereocenters. The fourth-order valence-corrected chi connectivity index (χ4v) is 3.78. The Kier molecular flexibility index (Phi) is 9.42. The molecule has 0 bridgehead atoms. The zero-order valence-corrected chi connectivity index (χ0v) is 18.6. The standard InChI is InChI=1S/C16H33N3O2S.HI/c1-7-17-15(19-11-13(2)10-14(3)12-19)18-8-9-22(20,21)16(4,5)6;/h13-14H,7-12H2,1-6H3,(H,17,18);1H. The zero-order valence-electron chi connectivity index (χ0n) is 15.4. The lowest BCUT2D eigenvalue weighted by molar-refractivity contribution is 0.208. The summed E-state index contributed by atoms with van der Waals surface area (Å²) in [7, 11) is -3.11. The lowest BCUT2D eigenvalue weighted by atomic mass is 9.92. The number of sulfone groups is 1. The van der Waals surface area contributed by atoms with Crippen molar-refractivity contribution in [3.8, 4) is 0 Å². The molecule has 0 aliphatic carbocycles. The fourth-order valence-electron chi connectivity index (χ4n) is 2.84. The molecule has 5 nitrogen and oxygen atoms in total. The molecule has 0 aromatic heterocycles. The predicted octanol–water partition coefficient (Wildman–Crippen LogP) is 2.76. The van der Waals surface area contributed by atoms with Crippen LogP contribution in [0.15, 0.2) is 4.99 Å². The van der Waals surface area contributed by atoms with Crippen molar-refractivity contribution < 1.29 is 8.42 Å². The molecule has 0 saturated carbocycles. The van der Waals surface area contributed by atoms with Crippen molar-refractivity contribution in [2.75, 3.05) is 31.9 Å². The van der Waals surface area contributed by atoms with Crippen molar-refractivity contribution in [1.82, 2.24) is 10.2 Å². The highest BCUT2D eigenvalue weighted by Crippen LogP contribution is 2.21. The second-order valence-electron chi connectivity index (χ2n) is 7.52. The number of rotatable bonds is 4. The number of hydrogen-bond donors (Lipinski definition) is 1. The van der Waals surface area contributed by atoms with E-state index in [4.69, 9.17) is 0 Å². The normalized spacial score (nSPS) is 23.4. The van der Waals surface area contributed by atoms with Crippen molar-refractivity contribution in [2.45, 2.75) is 52.7 Å². The number of halogens is 1. The van der Waals surface area contributed by atoms with Gasteiger partial charge in [0.15, 0.2) is 15.8 Å². The second kappa shape index (κ2) is 9.44. The van der Waals surface area contributed by atoms with E-state index in [1.165, 1.54) is 6.42 Å². The van der Waals surface area contributed by atoms with E-state index < -0.39 is 14.6 Å². The van der Waals surface area contributed by atoms with Gasteiger partial charge in [-0.1, -0.05) is 13.8 Å². The molecule has 0 aromatic carbocycles. The number of nitrogens with one attached hydrogen (secondary N) is 1. The van der Waals surface area contributed by atoms with Crippen molar-refractivity contribution in [1.29, 1.82) is 0 Å². The van der Waals surface area contributed by atoms with Crippen molar-refractivity contribution in [2.24, 2.45) is 16.8 Å². The zero-order chi connectivity index (χ0) is 17.0. The van der Waals surface area contributed by atoms with E-state index in [9.17, 15) is 8.42 Å². The molecular formula is C16H34IN3O2S. The Hall–Kier alpha value is -0.0500. The highest BCUT2D eigenvalue weighted by molar-refractivity contribution is 14.0. The average molecular weight is 459 g/mol. The first-order valence-electron chi connectivity index (χ1n) is 8.32. The van der Waals surface area contributed by atoms with E-state index in [2.05, 4.69) is 29.1 Å². The third-order valence-electron chi connectivity index (χ3n) is 4.06. The summed E-state index contributed by atoms with van der Waals surface area (Å²) >= 11 is 0. The molecule has 0 spiro atoms. The Morgan fingerprint density at radius 1 is 1.22 bits per heavy atom. The molecule has 1 aliphatic rings. The largest absolute Gasteiger partial charge is 0.357 e. The molecule has 0 aromatic rings. The van der Waals surface area contributed by atoms with Crippen LogP contribution in [0.1, 0.15) is 48.0 Å². The molecule has 23 heavy (non-hydrogen) atoms. The third-order valence-corrected chi connectivity index (χ3v) is 6.64. The molecule has 1 aliphatic heterocycles. The van der Waals surface area contributed by atoms with E-state index in [-0.39, 0.29) is 29.7 Å². The maximum Gasteiger partial charge on any atom is 0.193 e. The molecule has 1 N–H and O–H groups in total. The van der Waals surface area contributed by atoms with E-state index >= 15 is 0 Å². The summed E-state index contributed by atoms with van der Waals surface area (Å²) in [5, 5.41) is 3.30. The number of piperidine rings is 1. The average Bonchev–Trinajstić information content (AvgIpc) is 2.35. The Labute approximate surface area is 159 Å². The Balaban J connectivity index is 0.00000484. The number of guanidine groups is 1. The van der Waals surface area contributed by atoms with E-state index in [0.29, 0.717) is 18.4 Å². The first-order valence-corrected chi connectivity index (χ1v) is 9.97. The fraction of sp³-hybridized carbons (Fsp3) is 0.938. The van der Waals surface area contributed by atoms with Crippen LogP contribution in [0.25, 0.3) is 0 Å². The maximum absolute atomic E-state index is 12.2. The van der Waals surface area contributed by atoms with Gasteiger partial charge in [0.25, 0.3) is 0 Å². The molecule has 1 fully saturated rings. The molecule has 7 heteroatoms. The number of likely N-dealkylation sites (tertiary alicyclic amines) is 1. The van der Waals surface area contributed by atoms with Crippen LogP contribution in [0.3, 0.4) is 0 Å². The van der Waals surface area contributed by atoms with Gasteiger partial charge >= 0.3 is 0 Å². The summed E-state index contributed by atoms with van der Waals surface area (Å²) in [5.74, 6) is 2.24. The van der Waals surface area contributed by atoms with Crippen LogP contribution in [0.4, 0.5) is 0 Å². The summed E-state index contributed by atoms with van der Waals surface area (Å²) in [6, 6.07) is 0. The van der Waals surface area contributed by atoms with Gasteiger partial charge in [0.05, 0.1) is 17.0 Å². The number of aliphatic imine (C=N–C) groups is 1. The minimum Gasteiger partial charge on any atom is -0.357 e. The van der Waals surface area contributed by atoms with Crippen LogP contribution in [0, 0.1) is 11.8 Å². The number of nitrogens with zero attached hydrogens (tertiary/aromatic N) is 2. The highest BCUT2D eigenvalue weighted by atomic mass is 127. The topological polar surface area (TPSA) is 61.8 Å². The molecule has 1 saturated heterocycles. The molecule has 2 atom stereocenters. The van der Waals surface area contributed by atoms with Crippen LogP contribution in [-0.2, 0) is 9.84 Å². The van der Waals surface area contributed by atoms with Crippen LogP contribution < -0.4 is 5.32 Å². The Morgan fingerprint density at radius 3 is 2.17 bits per heavy atom. The smallest absolute Gasteiger partial charge is 0.193 e. The SMILES string of the molecule is CCNC(=NCCS(=O)(=O)C(C)(C)C)N1CC(C)CC(C)C1.I. The van der Waals surface area contributed by atoms with Crippen molar-refractivity contribution in [3.63, 3.8) is 0 Å². The summed E-state index contributed by atoms with van der Waals surface area (Å²) < 4.78 is 23.6. The second-order valence-corrected chi connectivity index (χ2v) is 10.4. The van der Waals surface area contributed by atoms with Gasteiger partial charge in [-0.15, -0.1) is 24.0 Å². The van der Waals surface area contributed by atoms with Crippen LogP contribution in [0.5, 0.6) is 0 Å². The first-order chi connectivity index (χ1) is 10.1. The van der Waals surface area contributed by atoms with E-state index in [1.54, 1.807) is 20.8 Å². The van der Waals surface area contributed by atoms with Gasteiger partial charge in [-0.25, -0.2) is 8.42 Å². The minimum absolute atomic E-state index is 0. The summed E-state index contributed by atoms with van der Waals surface area (Å²) in [6.07, 6.45) is 1.24. The predicted molar refractivity (Wildman–Crippen MR) is 109 cm³/mol. The van der Waals surface area contributed by atoms with Crippen LogP contribution >= 0.6 is 24.0 Å². The summed E-state index contributed by atoms with van der Waals surface area (Å²) in [6.45, 7) is 14.9. The third kappa shape index (κ3) is 7.15. The quantitative estimate of drug-likeness (QED) is 0.399. The van der Waals surface area contributed by atoms with Gasteiger partial charge in [-0.2, -0.15) is 0 Å². The van der Waals surface area contributed by atoms with E-state index in [0.717, 1.165) is 25.6 Å². The summed E-state index contributed by atoms with van der Waals surface area (Å²) in [5.41, 5.74) is 0. The van der Waals surface area contributed by atoms with Crippen molar-refractivity contribution >= 4 is 39.8 Å². The summed E-state index contributed by atoms with van der Waals surface area (Å²) in [4.78, 5) is 6.83. The lowest BCUT2D eigenvalue weighted by Gasteiger charge is -2.37. The highest BCUT2D eigenvalue weighted by Gasteiger charge is 2.28. The molecule has 0 amide bonds. The van der Waals surface area contributed by atoms with Gasteiger partial charge < -0.3 is 10.2 Å². The molecule has 1 heterocycles. The Bertz CT molecular complexity index is 476. The molecule has 1 rings (SSSR count). The Morgan fingerprint density at radius 2 is 1.74 bits per heavy atom. The molecular weight excluding hydrogens is 425 g/mol. The minimum atomic E-state index is -3.11. The lowest BCUT2D eigenvalue weighted by Crippen LogP contribution is -2.48. The monoisotopic (exact) mass is 459 g/mol. The van der Waals surface area contributed by atoms with Crippen LogP contribution in [0.2, 0.25) is 0 Å². The van der Waals surface area contributed by atoms with E-state index in [1.807, 2.05) is 6.92 Å². The van der Waals surface area contributed by atoms with Gasteiger partial charge in [-0.05, 0) is 46.0 Å². The molecule has 138 valence electrons. The number of hydrogen-bond acceptors (Lipinski definition) is 3. The molecule has 0 radical (unpaired) electrons. The van der Waals surface area contributed by atoms with Gasteiger partial charge in [-0.3, -0.25) is 4.99 Å². The van der Waals surface area contributed by atoms with Gasteiger partial charge in [0, 0.05) is 19.6 Å².